The lowest BCUT2D eigenvalue weighted by Crippen LogP contribution is -2.49. The monoisotopic (exact) mass is 340 g/mol. The topological polar surface area (TPSA) is 49.4 Å². The number of halogens is 3. The Kier molecular flexibility index (Phi) is 4.05. The summed E-state index contributed by atoms with van der Waals surface area (Å²) in [5, 5.41) is 2.74. The van der Waals surface area contributed by atoms with Gasteiger partial charge in [0.1, 0.15) is 6.04 Å². The van der Waals surface area contributed by atoms with E-state index in [0.29, 0.717) is 37.9 Å². The van der Waals surface area contributed by atoms with Gasteiger partial charge < -0.3 is 10.2 Å². The van der Waals surface area contributed by atoms with Gasteiger partial charge in [-0.15, -0.1) is 0 Å². The van der Waals surface area contributed by atoms with Crippen LogP contribution in [0.15, 0.2) is 24.3 Å². The molecule has 1 N–H and O–H groups in total. The van der Waals surface area contributed by atoms with Crippen LogP contribution in [0.25, 0.3) is 0 Å². The minimum absolute atomic E-state index is 0.222. The minimum Gasteiger partial charge on any atom is -0.354 e. The number of rotatable bonds is 2. The Morgan fingerprint density at radius 3 is 2.67 bits per heavy atom. The predicted molar refractivity (Wildman–Crippen MR) is 81.2 cm³/mol. The van der Waals surface area contributed by atoms with Crippen LogP contribution in [0, 0.1) is 0 Å². The van der Waals surface area contributed by atoms with Gasteiger partial charge in [-0.2, -0.15) is 13.2 Å². The van der Waals surface area contributed by atoms with Gasteiger partial charge in [-0.3, -0.25) is 9.59 Å². The van der Waals surface area contributed by atoms with E-state index in [1.165, 1.54) is 11.0 Å². The zero-order valence-corrected chi connectivity index (χ0v) is 13.3. The first kappa shape index (κ1) is 16.8. The van der Waals surface area contributed by atoms with Crippen molar-refractivity contribution >= 4 is 11.8 Å². The van der Waals surface area contributed by atoms with Gasteiger partial charge in [0, 0.05) is 13.1 Å². The second kappa shape index (κ2) is 5.79. The number of alkyl halides is 3. The first-order valence-corrected chi connectivity index (χ1v) is 8.02. The Bertz CT molecular complexity index is 668. The molecule has 2 fully saturated rings. The van der Waals surface area contributed by atoms with E-state index in [-0.39, 0.29) is 11.8 Å². The number of amides is 2. The molecule has 1 unspecified atom stereocenters. The molecule has 1 heterocycles. The number of hydrogen-bond acceptors (Lipinski definition) is 2. The Morgan fingerprint density at radius 1 is 1.33 bits per heavy atom. The Balaban J connectivity index is 1.91. The maximum atomic E-state index is 13.0. The van der Waals surface area contributed by atoms with Crippen molar-refractivity contribution in [1.82, 2.24) is 10.2 Å². The fraction of sp³-hybridized carbons (Fsp3) is 0.529. The number of nitrogens with one attached hydrogen (secondary N) is 1. The van der Waals surface area contributed by atoms with Crippen molar-refractivity contribution in [2.45, 2.75) is 43.8 Å². The van der Waals surface area contributed by atoms with Gasteiger partial charge >= 0.3 is 6.18 Å². The molecule has 1 aliphatic carbocycles. The number of nitrogens with zero attached hydrogens (tertiary/aromatic N) is 1. The molecular weight excluding hydrogens is 321 g/mol. The van der Waals surface area contributed by atoms with E-state index in [1.54, 1.807) is 13.0 Å². The lowest BCUT2D eigenvalue weighted by Gasteiger charge is -2.30. The Morgan fingerprint density at radius 2 is 2.04 bits per heavy atom. The van der Waals surface area contributed by atoms with Crippen molar-refractivity contribution in [3.05, 3.63) is 35.4 Å². The molecule has 130 valence electrons. The summed E-state index contributed by atoms with van der Waals surface area (Å²) in [5.41, 5.74) is -1.28. The van der Waals surface area contributed by atoms with Crippen LogP contribution in [0.3, 0.4) is 0 Å². The van der Waals surface area contributed by atoms with Crippen molar-refractivity contribution < 1.29 is 22.8 Å². The smallest absolute Gasteiger partial charge is 0.354 e. The Hall–Kier alpha value is -2.05. The summed E-state index contributed by atoms with van der Waals surface area (Å²) in [5.74, 6) is -0.466. The molecule has 0 radical (unpaired) electrons. The molecule has 1 aromatic carbocycles. The summed E-state index contributed by atoms with van der Waals surface area (Å²) in [6.45, 7) is 2.59. The van der Waals surface area contributed by atoms with E-state index in [0.717, 1.165) is 12.1 Å². The molecule has 2 amide bonds. The van der Waals surface area contributed by atoms with E-state index in [4.69, 9.17) is 0 Å². The Labute approximate surface area is 138 Å². The fourth-order valence-electron chi connectivity index (χ4n) is 3.24. The third kappa shape index (κ3) is 2.87. The molecule has 0 spiro atoms. The van der Waals surface area contributed by atoms with E-state index in [1.807, 2.05) is 0 Å². The second-order valence-corrected chi connectivity index (χ2v) is 6.48. The van der Waals surface area contributed by atoms with Crippen LogP contribution in [0.4, 0.5) is 13.2 Å². The van der Waals surface area contributed by atoms with Crippen molar-refractivity contribution in [3.8, 4) is 0 Å². The average Bonchev–Trinajstić information content (AvgIpc) is 3.35. The van der Waals surface area contributed by atoms with E-state index >= 15 is 0 Å². The molecule has 1 aromatic rings. The zero-order chi connectivity index (χ0) is 17.5. The molecule has 3 rings (SSSR count). The van der Waals surface area contributed by atoms with Crippen LogP contribution >= 0.6 is 0 Å². The largest absolute Gasteiger partial charge is 0.416 e. The highest BCUT2D eigenvalue weighted by Crippen LogP contribution is 2.50. The molecule has 1 atom stereocenters. The summed E-state index contributed by atoms with van der Waals surface area (Å²) in [7, 11) is 0. The van der Waals surface area contributed by atoms with Crippen molar-refractivity contribution in [1.29, 1.82) is 0 Å². The van der Waals surface area contributed by atoms with Crippen LogP contribution < -0.4 is 5.32 Å². The van der Waals surface area contributed by atoms with E-state index in [9.17, 15) is 22.8 Å². The summed E-state index contributed by atoms with van der Waals surface area (Å²) in [6.07, 6.45) is -2.78. The highest BCUT2D eigenvalue weighted by molar-refractivity contribution is 5.95. The van der Waals surface area contributed by atoms with E-state index < -0.39 is 23.2 Å². The quantitative estimate of drug-likeness (QED) is 0.899. The van der Waals surface area contributed by atoms with Crippen LogP contribution in [0.1, 0.15) is 37.3 Å². The molecule has 24 heavy (non-hydrogen) atoms. The number of benzene rings is 1. The second-order valence-electron chi connectivity index (χ2n) is 6.48. The normalized spacial score (nSPS) is 23.4. The molecule has 1 saturated heterocycles. The first-order valence-electron chi connectivity index (χ1n) is 8.02. The first-order chi connectivity index (χ1) is 11.3. The lowest BCUT2D eigenvalue weighted by molar-refractivity contribution is -0.141. The van der Waals surface area contributed by atoms with Crippen molar-refractivity contribution in [3.63, 3.8) is 0 Å². The zero-order valence-electron chi connectivity index (χ0n) is 13.3. The molecular formula is C17H19F3N2O2. The maximum Gasteiger partial charge on any atom is 0.416 e. The van der Waals surface area contributed by atoms with Crippen LogP contribution in [0.5, 0.6) is 0 Å². The lowest BCUT2D eigenvalue weighted by atomic mass is 9.92. The highest BCUT2D eigenvalue weighted by Gasteiger charge is 2.54. The molecule has 0 bridgehead atoms. The van der Waals surface area contributed by atoms with E-state index in [2.05, 4.69) is 5.32 Å². The summed E-state index contributed by atoms with van der Waals surface area (Å²) >= 11 is 0. The summed E-state index contributed by atoms with van der Waals surface area (Å²) in [4.78, 5) is 26.5. The van der Waals surface area contributed by atoms with Gasteiger partial charge in [0.25, 0.3) is 0 Å². The maximum absolute atomic E-state index is 13.0. The summed E-state index contributed by atoms with van der Waals surface area (Å²) in [6, 6.07) is 4.37. The number of carbonyl (C=O) groups excluding carboxylic acids is 2. The van der Waals surface area contributed by atoms with Gasteiger partial charge in [0.05, 0.1) is 11.0 Å². The fourth-order valence-corrected chi connectivity index (χ4v) is 3.24. The third-order valence-electron chi connectivity index (χ3n) is 4.88. The van der Waals surface area contributed by atoms with Gasteiger partial charge in [0.2, 0.25) is 11.8 Å². The number of carbonyl (C=O) groups is 2. The molecule has 4 nitrogen and oxygen atoms in total. The van der Waals surface area contributed by atoms with Gasteiger partial charge in [-0.05, 0) is 37.8 Å². The average molecular weight is 340 g/mol. The van der Waals surface area contributed by atoms with Gasteiger partial charge in [-0.25, -0.2) is 0 Å². The molecule has 1 aliphatic heterocycles. The molecule has 0 aromatic heterocycles. The number of hydrogen-bond donors (Lipinski definition) is 1. The third-order valence-corrected chi connectivity index (χ3v) is 4.88. The van der Waals surface area contributed by atoms with Gasteiger partial charge in [0.15, 0.2) is 0 Å². The van der Waals surface area contributed by atoms with Crippen molar-refractivity contribution in [2.24, 2.45) is 0 Å². The predicted octanol–water partition coefficient (Wildman–Crippen LogP) is 2.47. The van der Waals surface area contributed by atoms with Crippen LogP contribution in [0.2, 0.25) is 0 Å². The SMILES string of the molecule is CC1C(=O)NCCCN1C(=O)C1(c2cccc(C(F)(F)F)c2)CC1. The minimum atomic E-state index is -4.44. The van der Waals surface area contributed by atoms with Crippen LogP contribution in [-0.4, -0.2) is 35.8 Å². The summed E-state index contributed by atoms with van der Waals surface area (Å²) < 4.78 is 38.9. The van der Waals surface area contributed by atoms with Crippen LogP contribution in [-0.2, 0) is 21.2 Å². The molecule has 1 saturated carbocycles. The molecule has 2 aliphatic rings. The highest BCUT2D eigenvalue weighted by atomic mass is 19.4. The van der Waals surface area contributed by atoms with Gasteiger partial charge in [-0.1, -0.05) is 18.2 Å². The standard InChI is InChI=1S/C17H19F3N2O2/c1-11-14(23)21-8-3-9-22(11)15(24)16(6-7-16)12-4-2-5-13(10-12)17(18,19)20/h2,4-5,10-11H,3,6-9H2,1H3,(H,21,23). The van der Waals surface area contributed by atoms with Crippen molar-refractivity contribution in [2.75, 3.05) is 13.1 Å². The molecule has 7 heteroatoms.